The average Bonchev–Trinajstić information content (AvgIpc) is 2.74. The first-order chi connectivity index (χ1) is 14.3. The highest BCUT2D eigenvalue weighted by Crippen LogP contribution is 2.41. The first-order valence-electron chi connectivity index (χ1n) is 9.23. The highest BCUT2D eigenvalue weighted by Gasteiger charge is 2.34. The highest BCUT2D eigenvalue weighted by atomic mass is 32.2. The van der Waals surface area contributed by atoms with E-state index in [0.29, 0.717) is 22.1 Å². The van der Waals surface area contributed by atoms with Gasteiger partial charge in [0.05, 0.1) is 23.3 Å². The summed E-state index contributed by atoms with van der Waals surface area (Å²) in [6.07, 6.45) is 1.31. The number of anilines is 2. The number of benzene rings is 2. The van der Waals surface area contributed by atoms with Crippen molar-refractivity contribution in [3.8, 4) is 11.3 Å². The summed E-state index contributed by atoms with van der Waals surface area (Å²) in [6.45, 7) is 3.95. The summed E-state index contributed by atoms with van der Waals surface area (Å²) in [4.78, 5) is 21.1. The van der Waals surface area contributed by atoms with E-state index < -0.39 is 10.0 Å². The van der Waals surface area contributed by atoms with Crippen LogP contribution in [0.5, 0.6) is 0 Å². The van der Waals surface area contributed by atoms with Gasteiger partial charge in [-0.15, -0.1) is 0 Å². The SMILES string of the molecule is Cc1cccc(NC(=O)CSc2ncc3c(n2)-c2ccccc2N(C)S3(=O)=O)c1C. The van der Waals surface area contributed by atoms with Crippen LogP contribution in [-0.4, -0.2) is 37.1 Å². The maximum atomic E-state index is 12.8. The minimum atomic E-state index is -3.71. The van der Waals surface area contributed by atoms with Gasteiger partial charge in [0, 0.05) is 18.3 Å². The molecule has 0 unspecified atom stereocenters. The third kappa shape index (κ3) is 3.54. The number of amides is 1. The fraction of sp³-hybridized carbons (Fsp3) is 0.190. The molecule has 9 heteroatoms. The number of thioether (sulfide) groups is 1. The van der Waals surface area contributed by atoms with E-state index in [0.717, 1.165) is 28.6 Å². The second-order valence-corrected chi connectivity index (χ2v) is 9.82. The molecule has 0 saturated heterocycles. The van der Waals surface area contributed by atoms with Gasteiger partial charge in [-0.05, 0) is 37.1 Å². The molecule has 0 radical (unpaired) electrons. The summed E-state index contributed by atoms with van der Waals surface area (Å²) in [5.41, 5.74) is 4.53. The van der Waals surface area contributed by atoms with Gasteiger partial charge in [-0.3, -0.25) is 9.10 Å². The van der Waals surface area contributed by atoms with Crippen molar-refractivity contribution in [3.05, 3.63) is 59.8 Å². The fourth-order valence-corrected chi connectivity index (χ4v) is 5.15. The number of carbonyl (C=O) groups is 1. The van der Waals surface area contributed by atoms with Crippen LogP contribution in [0.1, 0.15) is 11.1 Å². The molecule has 1 amide bonds. The molecule has 0 fully saturated rings. The number of nitrogens with zero attached hydrogens (tertiary/aromatic N) is 3. The largest absolute Gasteiger partial charge is 0.325 e. The molecular weight excluding hydrogens is 420 g/mol. The van der Waals surface area contributed by atoms with Crippen LogP contribution in [-0.2, 0) is 14.8 Å². The van der Waals surface area contributed by atoms with Crippen LogP contribution >= 0.6 is 11.8 Å². The number of fused-ring (bicyclic) bond motifs is 3. The Morgan fingerprint density at radius 2 is 1.90 bits per heavy atom. The van der Waals surface area contributed by atoms with E-state index in [1.807, 2.05) is 44.2 Å². The van der Waals surface area contributed by atoms with Crippen LogP contribution in [0.15, 0.2) is 58.7 Å². The van der Waals surface area contributed by atoms with Gasteiger partial charge in [0.15, 0.2) is 5.16 Å². The number of hydrogen-bond acceptors (Lipinski definition) is 6. The van der Waals surface area contributed by atoms with Gasteiger partial charge in [0.1, 0.15) is 4.90 Å². The summed E-state index contributed by atoms with van der Waals surface area (Å²) < 4.78 is 26.8. The molecule has 30 heavy (non-hydrogen) atoms. The first kappa shape index (κ1) is 20.4. The van der Waals surface area contributed by atoms with Crippen molar-refractivity contribution in [2.45, 2.75) is 23.9 Å². The van der Waals surface area contributed by atoms with Crippen LogP contribution in [0, 0.1) is 13.8 Å². The Hall–Kier alpha value is -2.91. The quantitative estimate of drug-likeness (QED) is 0.492. The lowest BCUT2D eigenvalue weighted by Crippen LogP contribution is -2.31. The summed E-state index contributed by atoms with van der Waals surface area (Å²) >= 11 is 1.16. The van der Waals surface area contributed by atoms with Gasteiger partial charge in [-0.2, -0.15) is 0 Å². The Bertz CT molecular complexity index is 1260. The standard InChI is InChI=1S/C21H20N4O3S2/c1-13-7-6-9-16(14(13)2)23-19(26)12-29-21-22-11-18-20(24-21)15-8-4-5-10-17(15)25(3)30(18,27)28/h4-11H,12H2,1-3H3,(H,23,26). The molecule has 0 atom stereocenters. The molecule has 3 aromatic rings. The average molecular weight is 441 g/mol. The molecular formula is C21H20N4O3S2. The third-order valence-electron chi connectivity index (χ3n) is 5.08. The van der Waals surface area contributed by atoms with Crippen molar-refractivity contribution in [3.63, 3.8) is 0 Å². The topological polar surface area (TPSA) is 92.3 Å². The molecule has 4 rings (SSSR count). The van der Waals surface area contributed by atoms with E-state index in [9.17, 15) is 13.2 Å². The number of carbonyl (C=O) groups excluding carboxylic acids is 1. The smallest absolute Gasteiger partial charge is 0.267 e. The molecule has 1 aliphatic rings. The molecule has 1 aliphatic heterocycles. The number of rotatable bonds is 4. The summed E-state index contributed by atoms with van der Waals surface area (Å²) in [5.74, 6) is -0.0664. The lowest BCUT2D eigenvalue weighted by Gasteiger charge is -2.28. The highest BCUT2D eigenvalue weighted by molar-refractivity contribution is 7.99. The van der Waals surface area contributed by atoms with Crippen molar-refractivity contribution >= 4 is 39.1 Å². The van der Waals surface area contributed by atoms with Crippen molar-refractivity contribution < 1.29 is 13.2 Å². The third-order valence-corrected chi connectivity index (χ3v) is 7.71. The normalized spacial score (nSPS) is 14.0. The molecule has 2 heterocycles. The number of hydrogen-bond donors (Lipinski definition) is 1. The van der Waals surface area contributed by atoms with Gasteiger partial charge < -0.3 is 5.32 Å². The molecule has 7 nitrogen and oxygen atoms in total. The lowest BCUT2D eigenvalue weighted by molar-refractivity contribution is -0.113. The van der Waals surface area contributed by atoms with Crippen molar-refractivity contribution in [2.75, 3.05) is 22.4 Å². The van der Waals surface area contributed by atoms with Crippen molar-refractivity contribution in [1.82, 2.24) is 9.97 Å². The van der Waals surface area contributed by atoms with E-state index in [2.05, 4.69) is 15.3 Å². The molecule has 1 N–H and O–H groups in total. The van der Waals surface area contributed by atoms with E-state index >= 15 is 0 Å². The number of para-hydroxylation sites is 1. The van der Waals surface area contributed by atoms with E-state index in [1.165, 1.54) is 17.5 Å². The van der Waals surface area contributed by atoms with Crippen LogP contribution in [0.4, 0.5) is 11.4 Å². The molecule has 1 aromatic heterocycles. The molecule has 0 saturated carbocycles. The second-order valence-electron chi connectivity index (χ2n) is 6.94. The Labute approximate surface area is 179 Å². The number of sulfonamides is 1. The molecule has 2 aromatic carbocycles. The van der Waals surface area contributed by atoms with Gasteiger partial charge in [-0.1, -0.05) is 42.1 Å². The molecule has 0 bridgehead atoms. The zero-order valence-electron chi connectivity index (χ0n) is 16.7. The van der Waals surface area contributed by atoms with Gasteiger partial charge in [0.2, 0.25) is 5.91 Å². The predicted molar refractivity (Wildman–Crippen MR) is 118 cm³/mol. The summed E-state index contributed by atoms with van der Waals surface area (Å²) in [5, 5.41) is 3.25. The summed E-state index contributed by atoms with van der Waals surface area (Å²) in [7, 11) is -2.20. The molecule has 0 spiro atoms. The second kappa shape index (κ2) is 7.73. The minimum absolute atomic E-state index is 0.0629. The Balaban J connectivity index is 1.57. The van der Waals surface area contributed by atoms with E-state index in [-0.39, 0.29) is 16.6 Å². The van der Waals surface area contributed by atoms with E-state index in [1.54, 1.807) is 12.1 Å². The zero-order chi connectivity index (χ0) is 21.5. The Morgan fingerprint density at radius 1 is 1.13 bits per heavy atom. The summed E-state index contributed by atoms with van der Waals surface area (Å²) in [6, 6.07) is 12.9. The van der Waals surface area contributed by atoms with Crippen LogP contribution in [0.3, 0.4) is 0 Å². The molecule has 154 valence electrons. The van der Waals surface area contributed by atoms with Crippen molar-refractivity contribution in [1.29, 1.82) is 0 Å². The zero-order valence-corrected chi connectivity index (χ0v) is 18.3. The van der Waals surface area contributed by atoms with Gasteiger partial charge >= 0.3 is 0 Å². The number of aromatic nitrogens is 2. The van der Waals surface area contributed by atoms with Gasteiger partial charge in [0.25, 0.3) is 10.0 Å². The van der Waals surface area contributed by atoms with Crippen LogP contribution < -0.4 is 9.62 Å². The minimum Gasteiger partial charge on any atom is -0.325 e. The monoisotopic (exact) mass is 440 g/mol. The first-order valence-corrected chi connectivity index (χ1v) is 11.7. The van der Waals surface area contributed by atoms with Crippen LogP contribution in [0.25, 0.3) is 11.3 Å². The number of aryl methyl sites for hydroxylation is 1. The maximum absolute atomic E-state index is 12.8. The van der Waals surface area contributed by atoms with Gasteiger partial charge in [-0.25, -0.2) is 18.4 Å². The maximum Gasteiger partial charge on any atom is 0.267 e. The van der Waals surface area contributed by atoms with E-state index in [4.69, 9.17) is 0 Å². The fourth-order valence-electron chi connectivity index (χ4n) is 3.23. The van der Waals surface area contributed by atoms with Crippen molar-refractivity contribution in [2.24, 2.45) is 0 Å². The predicted octanol–water partition coefficient (Wildman–Crippen LogP) is 3.63. The Morgan fingerprint density at radius 3 is 2.70 bits per heavy atom. The molecule has 0 aliphatic carbocycles. The van der Waals surface area contributed by atoms with Crippen LogP contribution in [0.2, 0.25) is 0 Å². The number of nitrogens with one attached hydrogen (secondary N) is 1. The Kier molecular flexibility index (Phi) is 5.25. The lowest BCUT2D eigenvalue weighted by atomic mass is 10.1.